The Labute approximate surface area is 125 Å². The van der Waals surface area contributed by atoms with Gasteiger partial charge in [-0.1, -0.05) is 30.0 Å². The number of para-hydroxylation sites is 1. The second-order valence-electron chi connectivity index (χ2n) is 4.72. The number of rotatable bonds is 2. The molecule has 0 radical (unpaired) electrons. The van der Waals surface area contributed by atoms with Crippen LogP contribution in [0.3, 0.4) is 0 Å². The van der Waals surface area contributed by atoms with Gasteiger partial charge in [0.25, 0.3) is 5.56 Å². The fourth-order valence-electron chi connectivity index (χ4n) is 2.40. The maximum absolute atomic E-state index is 12.5. The predicted octanol–water partition coefficient (Wildman–Crippen LogP) is 0.978. The van der Waals surface area contributed by atoms with E-state index in [4.69, 9.17) is 12.8 Å². The molecule has 5 nitrogen and oxygen atoms in total. The van der Waals surface area contributed by atoms with Crippen molar-refractivity contribution in [1.82, 2.24) is 14.1 Å². The number of hydrogen-bond acceptors (Lipinski definition) is 3. The summed E-state index contributed by atoms with van der Waals surface area (Å²) in [5.74, 6) is 4.72. The van der Waals surface area contributed by atoms with Crippen molar-refractivity contribution in [3.05, 3.63) is 51.2 Å². The SMILES string of the molecule is C#CCn1c(=O)c2cc3ccccc3nc2n(CC#C)c1=O. The van der Waals surface area contributed by atoms with E-state index in [0.717, 1.165) is 9.95 Å². The van der Waals surface area contributed by atoms with Gasteiger partial charge in [0.1, 0.15) is 0 Å². The number of hydrogen-bond donors (Lipinski definition) is 0. The summed E-state index contributed by atoms with van der Waals surface area (Å²) in [6.45, 7) is -0.0868. The van der Waals surface area contributed by atoms with Gasteiger partial charge in [-0.3, -0.25) is 9.36 Å². The normalized spacial score (nSPS) is 10.5. The largest absolute Gasteiger partial charge is 0.334 e. The number of aromatic nitrogens is 3. The average Bonchev–Trinajstić information content (AvgIpc) is 2.54. The van der Waals surface area contributed by atoms with Crippen LogP contribution in [-0.2, 0) is 13.1 Å². The summed E-state index contributed by atoms with van der Waals surface area (Å²) in [7, 11) is 0. The van der Waals surface area contributed by atoms with Gasteiger partial charge in [-0.05, 0) is 12.1 Å². The molecule has 3 rings (SSSR count). The molecule has 0 bridgehead atoms. The molecule has 0 amide bonds. The standard InChI is InChI=1S/C17H11N3O2/c1-3-9-19-15-13(16(21)20(10-4-2)17(19)22)11-12-7-5-6-8-14(12)18-15/h1-2,5-8,11H,9-10H2. The first-order valence-corrected chi connectivity index (χ1v) is 6.57. The van der Waals surface area contributed by atoms with E-state index >= 15 is 0 Å². The molecule has 5 heteroatoms. The van der Waals surface area contributed by atoms with Crippen LogP contribution >= 0.6 is 0 Å². The van der Waals surface area contributed by atoms with Crippen molar-refractivity contribution < 1.29 is 0 Å². The molecule has 0 saturated heterocycles. The number of nitrogens with zero attached hydrogens (tertiary/aromatic N) is 3. The lowest BCUT2D eigenvalue weighted by Crippen LogP contribution is -2.40. The Kier molecular flexibility index (Phi) is 3.25. The molecule has 0 fully saturated rings. The summed E-state index contributed by atoms with van der Waals surface area (Å²) < 4.78 is 2.29. The zero-order chi connectivity index (χ0) is 15.7. The molecule has 0 aliphatic carbocycles. The lowest BCUT2D eigenvalue weighted by atomic mass is 10.2. The quantitative estimate of drug-likeness (QED) is 0.522. The minimum Gasteiger partial charge on any atom is -0.268 e. The van der Waals surface area contributed by atoms with E-state index in [1.54, 1.807) is 6.07 Å². The highest BCUT2D eigenvalue weighted by molar-refractivity contribution is 5.90. The Balaban J connectivity index is 2.56. The zero-order valence-corrected chi connectivity index (χ0v) is 11.6. The van der Waals surface area contributed by atoms with Crippen LogP contribution in [0.5, 0.6) is 0 Å². The van der Waals surface area contributed by atoms with Crippen LogP contribution in [0.4, 0.5) is 0 Å². The average molecular weight is 289 g/mol. The highest BCUT2D eigenvalue weighted by Crippen LogP contribution is 2.16. The van der Waals surface area contributed by atoms with Crippen LogP contribution in [0.15, 0.2) is 39.9 Å². The van der Waals surface area contributed by atoms with Crippen LogP contribution in [0, 0.1) is 24.7 Å². The molecule has 0 saturated carbocycles. The highest BCUT2D eigenvalue weighted by atomic mass is 16.2. The summed E-state index contributed by atoms with van der Waals surface area (Å²) in [5.41, 5.74) is -0.0325. The summed E-state index contributed by atoms with van der Waals surface area (Å²) in [6, 6.07) is 9.06. The third-order valence-electron chi connectivity index (χ3n) is 3.40. The van der Waals surface area contributed by atoms with E-state index in [9.17, 15) is 9.59 Å². The Hall–Kier alpha value is -3.31. The minimum atomic E-state index is -0.545. The maximum Gasteiger partial charge on any atom is 0.334 e. The zero-order valence-electron chi connectivity index (χ0n) is 11.6. The van der Waals surface area contributed by atoms with E-state index < -0.39 is 11.2 Å². The summed E-state index contributed by atoms with van der Waals surface area (Å²) in [4.78, 5) is 29.3. The van der Waals surface area contributed by atoms with Crippen LogP contribution in [0.1, 0.15) is 0 Å². The molecule has 0 aliphatic rings. The Morgan fingerprint density at radius 1 is 1.05 bits per heavy atom. The number of pyridine rings is 1. The molecule has 0 atom stereocenters. The molecule has 3 aromatic rings. The molecule has 0 aliphatic heterocycles. The molecule has 2 aromatic heterocycles. The first-order valence-electron chi connectivity index (χ1n) is 6.57. The number of benzene rings is 1. The third kappa shape index (κ3) is 1.97. The first kappa shape index (κ1) is 13.7. The molecule has 0 unspecified atom stereocenters. The van der Waals surface area contributed by atoms with E-state index in [1.165, 1.54) is 4.57 Å². The minimum absolute atomic E-state index is 0.0194. The Bertz CT molecular complexity index is 1090. The summed E-state index contributed by atoms with van der Waals surface area (Å²) in [6.07, 6.45) is 10.6. The van der Waals surface area contributed by atoms with Crippen LogP contribution in [-0.4, -0.2) is 14.1 Å². The molecular formula is C17H11N3O2. The van der Waals surface area contributed by atoms with Crippen molar-refractivity contribution >= 4 is 21.9 Å². The summed E-state index contributed by atoms with van der Waals surface area (Å²) >= 11 is 0. The molecule has 22 heavy (non-hydrogen) atoms. The molecular weight excluding hydrogens is 278 g/mol. The van der Waals surface area contributed by atoms with E-state index in [1.807, 2.05) is 24.3 Å². The smallest absolute Gasteiger partial charge is 0.268 e. The number of terminal acetylenes is 2. The van der Waals surface area contributed by atoms with Crippen LogP contribution in [0.2, 0.25) is 0 Å². The van der Waals surface area contributed by atoms with Gasteiger partial charge in [0.2, 0.25) is 0 Å². The van der Waals surface area contributed by atoms with E-state index in [-0.39, 0.29) is 18.7 Å². The monoisotopic (exact) mass is 289 g/mol. The molecule has 106 valence electrons. The molecule has 0 spiro atoms. The lowest BCUT2D eigenvalue weighted by molar-refractivity contribution is 0.658. The van der Waals surface area contributed by atoms with Crippen LogP contribution in [0.25, 0.3) is 21.9 Å². The van der Waals surface area contributed by atoms with Gasteiger partial charge in [-0.15, -0.1) is 12.8 Å². The van der Waals surface area contributed by atoms with Gasteiger partial charge >= 0.3 is 5.69 Å². The first-order chi connectivity index (χ1) is 10.7. The van der Waals surface area contributed by atoms with Crippen molar-refractivity contribution in [2.24, 2.45) is 0 Å². The second kappa shape index (κ2) is 5.23. The highest BCUT2D eigenvalue weighted by Gasteiger charge is 2.14. The molecule has 0 N–H and O–H groups in total. The van der Waals surface area contributed by atoms with Crippen molar-refractivity contribution in [3.8, 4) is 24.7 Å². The summed E-state index contributed by atoms with van der Waals surface area (Å²) in [5, 5.41) is 1.13. The topological polar surface area (TPSA) is 56.9 Å². The molecule has 1 aromatic carbocycles. The van der Waals surface area contributed by atoms with Crippen molar-refractivity contribution in [2.45, 2.75) is 13.1 Å². The molecule has 2 heterocycles. The third-order valence-corrected chi connectivity index (χ3v) is 3.40. The second-order valence-corrected chi connectivity index (χ2v) is 4.72. The van der Waals surface area contributed by atoms with Gasteiger partial charge in [0.05, 0.1) is 24.0 Å². The fraction of sp³-hybridized carbons (Fsp3) is 0.118. The predicted molar refractivity (Wildman–Crippen MR) is 85.4 cm³/mol. The maximum atomic E-state index is 12.5. The van der Waals surface area contributed by atoms with Gasteiger partial charge in [0, 0.05) is 5.39 Å². The van der Waals surface area contributed by atoms with Gasteiger partial charge in [-0.2, -0.15) is 0 Å². The van der Waals surface area contributed by atoms with E-state index in [2.05, 4.69) is 16.8 Å². The Morgan fingerprint density at radius 2 is 1.73 bits per heavy atom. The van der Waals surface area contributed by atoms with Crippen molar-refractivity contribution in [3.63, 3.8) is 0 Å². The van der Waals surface area contributed by atoms with Gasteiger partial charge in [0.15, 0.2) is 5.65 Å². The van der Waals surface area contributed by atoms with Gasteiger partial charge in [-0.25, -0.2) is 14.3 Å². The van der Waals surface area contributed by atoms with Crippen molar-refractivity contribution in [2.75, 3.05) is 0 Å². The fourth-order valence-corrected chi connectivity index (χ4v) is 2.40. The van der Waals surface area contributed by atoms with Crippen molar-refractivity contribution in [1.29, 1.82) is 0 Å². The number of fused-ring (bicyclic) bond motifs is 2. The Morgan fingerprint density at radius 3 is 2.45 bits per heavy atom. The lowest BCUT2D eigenvalue weighted by Gasteiger charge is -2.10. The van der Waals surface area contributed by atoms with Crippen LogP contribution < -0.4 is 11.2 Å². The van der Waals surface area contributed by atoms with E-state index in [0.29, 0.717) is 10.9 Å². The van der Waals surface area contributed by atoms with Gasteiger partial charge < -0.3 is 0 Å².